The van der Waals surface area contributed by atoms with Crippen LogP contribution in [0.4, 0.5) is 0 Å². The minimum absolute atomic E-state index is 0.184. The van der Waals surface area contributed by atoms with Crippen LogP contribution in [0, 0.1) is 0 Å². The zero-order valence-corrected chi connectivity index (χ0v) is 12.5. The average Bonchev–Trinajstić information content (AvgIpc) is 2.80. The van der Waals surface area contributed by atoms with Crippen LogP contribution in [0.2, 0.25) is 5.02 Å². The molecule has 0 saturated carbocycles. The van der Waals surface area contributed by atoms with Crippen LogP contribution in [-0.2, 0) is 13.5 Å². The van der Waals surface area contributed by atoms with Gasteiger partial charge in [-0.25, -0.2) is 0 Å². The highest BCUT2D eigenvalue weighted by atomic mass is 35.5. The number of thioether (sulfide) groups is 1. The molecular weight excluding hydrogens is 278 g/mol. The van der Waals surface area contributed by atoms with Crippen molar-refractivity contribution in [3.63, 3.8) is 0 Å². The van der Waals surface area contributed by atoms with E-state index in [0.29, 0.717) is 0 Å². The fourth-order valence-electron chi connectivity index (χ4n) is 1.80. The van der Waals surface area contributed by atoms with Gasteiger partial charge in [0.15, 0.2) is 0 Å². The molecule has 1 heterocycles. The predicted molar refractivity (Wildman–Crippen MR) is 81.7 cm³/mol. The first-order valence-corrected chi connectivity index (χ1v) is 7.61. The summed E-state index contributed by atoms with van der Waals surface area (Å²) in [6.45, 7) is 0. The van der Waals surface area contributed by atoms with Crippen LogP contribution in [0.25, 0.3) is 0 Å². The first-order valence-electron chi connectivity index (χ1n) is 6.25. The molecule has 1 atom stereocenters. The molecule has 1 unspecified atom stereocenters. The molecule has 0 aliphatic heterocycles. The van der Waals surface area contributed by atoms with E-state index in [1.807, 2.05) is 42.3 Å². The molecule has 0 amide bonds. The normalized spacial score (nSPS) is 12.6. The molecule has 0 bridgehead atoms. The Balaban J connectivity index is 1.74. The molecule has 2 N–H and O–H groups in total. The van der Waals surface area contributed by atoms with Crippen molar-refractivity contribution in [1.29, 1.82) is 0 Å². The molecule has 5 heteroatoms. The van der Waals surface area contributed by atoms with E-state index in [-0.39, 0.29) is 6.04 Å². The monoisotopic (exact) mass is 295 g/mol. The quantitative estimate of drug-likeness (QED) is 0.833. The summed E-state index contributed by atoms with van der Waals surface area (Å²) in [4.78, 5) is 1.17. The second-order valence-electron chi connectivity index (χ2n) is 4.59. The Morgan fingerprint density at radius 1 is 1.47 bits per heavy atom. The number of nitrogens with two attached hydrogens (primary N) is 1. The van der Waals surface area contributed by atoms with Crippen LogP contribution in [0.5, 0.6) is 0 Å². The van der Waals surface area contributed by atoms with Gasteiger partial charge in [0.1, 0.15) is 0 Å². The fraction of sp³-hybridized carbons (Fsp3) is 0.357. The summed E-state index contributed by atoms with van der Waals surface area (Å²) >= 11 is 7.70. The molecule has 2 aromatic rings. The van der Waals surface area contributed by atoms with Crippen LogP contribution in [0.15, 0.2) is 41.6 Å². The highest BCUT2D eigenvalue weighted by Crippen LogP contribution is 2.22. The van der Waals surface area contributed by atoms with Crippen molar-refractivity contribution in [2.24, 2.45) is 12.8 Å². The third-order valence-electron chi connectivity index (χ3n) is 2.82. The van der Waals surface area contributed by atoms with E-state index in [1.54, 1.807) is 11.8 Å². The van der Waals surface area contributed by atoms with E-state index in [4.69, 9.17) is 17.3 Å². The molecule has 3 nitrogen and oxygen atoms in total. The van der Waals surface area contributed by atoms with Crippen LogP contribution in [0.3, 0.4) is 0 Å². The Morgan fingerprint density at radius 2 is 2.32 bits per heavy atom. The maximum atomic E-state index is 6.13. The number of hydrogen-bond donors (Lipinski definition) is 1. The maximum absolute atomic E-state index is 6.13. The van der Waals surface area contributed by atoms with Crippen molar-refractivity contribution < 1.29 is 0 Å². The molecule has 0 spiro atoms. The van der Waals surface area contributed by atoms with Crippen molar-refractivity contribution in [1.82, 2.24) is 9.78 Å². The lowest BCUT2D eigenvalue weighted by Crippen LogP contribution is -2.23. The van der Waals surface area contributed by atoms with Crippen LogP contribution >= 0.6 is 23.4 Å². The highest BCUT2D eigenvalue weighted by molar-refractivity contribution is 7.99. The second kappa shape index (κ2) is 6.98. The summed E-state index contributed by atoms with van der Waals surface area (Å²) in [6.07, 6.45) is 5.89. The molecule has 0 saturated heterocycles. The Bertz CT molecular complexity index is 527. The largest absolute Gasteiger partial charge is 0.327 e. The number of aromatic nitrogens is 2. The number of rotatable bonds is 6. The van der Waals surface area contributed by atoms with E-state index in [0.717, 1.165) is 23.6 Å². The third-order valence-corrected chi connectivity index (χ3v) is 4.24. The van der Waals surface area contributed by atoms with E-state index in [2.05, 4.69) is 11.2 Å². The summed E-state index contributed by atoms with van der Waals surface area (Å²) < 4.78 is 1.82. The molecule has 0 radical (unpaired) electrons. The van der Waals surface area contributed by atoms with Gasteiger partial charge < -0.3 is 5.73 Å². The molecule has 1 aromatic heterocycles. The van der Waals surface area contributed by atoms with Gasteiger partial charge in [-0.05, 0) is 36.6 Å². The standard InChI is InChI=1S/C14H18ClN3S/c1-18-9-11(8-17-18)5-6-13(16)10-19-14-4-2-3-12(15)7-14/h2-4,7-9,13H,5-6,10,16H2,1H3. The number of halogens is 1. The lowest BCUT2D eigenvalue weighted by Gasteiger charge is -2.10. The van der Waals surface area contributed by atoms with Gasteiger partial charge in [0.05, 0.1) is 6.20 Å². The van der Waals surface area contributed by atoms with E-state index in [9.17, 15) is 0 Å². The SMILES string of the molecule is Cn1cc(CCC(N)CSc2cccc(Cl)c2)cn1. The minimum Gasteiger partial charge on any atom is -0.327 e. The molecular formula is C14H18ClN3S. The molecule has 2 rings (SSSR count). The van der Waals surface area contributed by atoms with E-state index in [1.165, 1.54) is 10.5 Å². The average molecular weight is 296 g/mol. The Kier molecular flexibility index (Phi) is 5.31. The first-order chi connectivity index (χ1) is 9.13. The van der Waals surface area contributed by atoms with Gasteiger partial charge >= 0.3 is 0 Å². The summed E-state index contributed by atoms with van der Waals surface area (Å²) in [5.74, 6) is 0.903. The van der Waals surface area contributed by atoms with Gasteiger partial charge in [-0.1, -0.05) is 17.7 Å². The number of nitrogens with zero attached hydrogens (tertiary/aromatic N) is 2. The summed E-state index contributed by atoms with van der Waals surface area (Å²) in [6, 6.07) is 8.06. The van der Waals surface area contributed by atoms with Crippen molar-refractivity contribution in [2.45, 2.75) is 23.8 Å². The van der Waals surface area contributed by atoms with E-state index < -0.39 is 0 Å². The van der Waals surface area contributed by atoms with Crippen molar-refractivity contribution >= 4 is 23.4 Å². The third kappa shape index (κ3) is 4.90. The van der Waals surface area contributed by atoms with Gasteiger partial charge in [0.25, 0.3) is 0 Å². The van der Waals surface area contributed by atoms with Crippen LogP contribution in [-0.4, -0.2) is 21.6 Å². The van der Waals surface area contributed by atoms with Gasteiger partial charge in [-0.2, -0.15) is 5.10 Å². The number of aryl methyl sites for hydroxylation is 2. The molecule has 0 aliphatic carbocycles. The number of hydrogen-bond acceptors (Lipinski definition) is 3. The van der Waals surface area contributed by atoms with Gasteiger partial charge in [-0.15, -0.1) is 11.8 Å². The lowest BCUT2D eigenvalue weighted by molar-refractivity contribution is 0.674. The summed E-state index contributed by atoms with van der Waals surface area (Å²) in [5.41, 5.74) is 7.37. The van der Waals surface area contributed by atoms with Gasteiger partial charge in [0, 0.05) is 35.0 Å². The van der Waals surface area contributed by atoms with Gasteiger partial charge in [0.2, 0.25) is 0 Å². The second-order valence-corrected chi connectivity index (χ2v) is 6.12. The molecule has 0 aliphatic rings. The minimum atomic E-state index is 0.184. The smallest absolute Gasteiger partial charge is 0.0521 e. The molecule has 1 aromatic carbocycles. The summed E-state index contributed by atoms with van der Waals surface area (Å²) in [7, 11) is 1.93. The lowest BCUT2D eigenvalue weighted by atomic mass is 10.1. The fourth-order valence-corrected chi connectivity index (χ4v) is 3.01. The van der Waals surface area contributed by atoms with Gasteiger partial charge in [-0.3, -0.25) is 4.68 Å². The first kappa shape index (κ1) is 14.4. The topological polar surface area (TPSA) is 43.8 Å². The maximum Gasteiger partial charge on any atom is 0.0521 e. The van der Waals surface area contributed by atoms with Crippen molar-refractivity contribution in [3.8, 4) is 0 Å². The predicted octanol–water partition coefficient (Wildman–Crippen LogP) is 3.13. The zero-order valence-electron chi connectivity index (χ0n) is 10.9. The zero-order chi connectivity index (χ0) is 13.7. The molecule has 19 heavy (non-hydrogen) atoms. The molecule has 102 valence electrons. The van der Waals surface area contributed by atoms with Crippen molar-refractivity contribution in [2.75, 3.05) is 5.75 Å². The Labute approximate surface area is 123 Å². The van der Waals surface area contributed by atoms with Crippen LogP contribution < -0.4 is 5.73 Å². The number of benzene rings is 1. The van der Waals surface area contributed by atoms with E-state index >= 15 is 0 Å². The summed E-state index contributed by atoms with van der Waals surface area (Å²) in [5, 5.41) is 4.93. The van der Waals surface area contributed by atoms with Crippen LogP contribution in [0.1, 0.15) is 12.0 Å². The van der Waals surface area contributed by atoms with Crippen molar-refractivity contribution in [3.05, 3.63) is 47.2 Å². The molecule has 0 fully saturated rings. The highest BCUT2D eigenvalue weighted by Gasteiger charge is 2.05. The Hall–Kier alpha value is -0.970. The Morgan fingerprint density at radius 3 is 3.00 bits per heavy atom.